The van der Waals surface area contributed by atoms with Gasteiger partial charge in [-0.15, -0.1) is 0 Å². The number of hydrogen-bond acceptors (Lipinski definition) is 6. The van der Waals surface area contributed by atoms with Gasteiger partial charge in [-0.25, -0.2) is 0 Å². The van der Waals surface area contributed by atoms with Crippen LogP contribution in [0.2, 0.25) is 0 Å². The third-order valence-corrected chi connectivity index (χ3v) is 5.89. The number of methoxy groups -OCH3 is 1. The molecule has 1 aliphatic heterocycles. The summed E-state index contributed by atoms with van der Waals surface area (Å²) in [4.78, 5) is 24.4. The van der Waals surface area contributed by atoms with Gasteiger partial charge in [0.05, 0.1) is 17.7 Å². The maximum absolute atomic E-state index is 12.5. The van der Waals surface area contributed by atoms with E-state index in [0.29, 0.717) is 17.3 Å². The summed E-state index contributed by atoms with van der Waals surface area (Å²) in [5.74, 6) is -0.740. The highest BCUT2D eigenvalue weighted by Gasteiger charge is 2.46. The molecular weight excluding hydrogens is 465 g/mol. The minimum Gasteiger partial charge on any atom is -0.495 e. The van der Waals surface area contributed by atoms with Crippen LogP contribution in [0.25, 0.3) is 6.08 Å². The molecule has 13 heteroatoms. The van der Waals surface area contributed by atoms with Crippen molar-refractivity contribution >= 4 is 60.6 Å². The lowest BCUT2D eigenvalue weighted by Gasteiger charge is -2.15. The first-order valence-electron chi connectivity index (χ1n) is 6.55. The molecule has 1 N–H and O–H groups in total. The van der Waals surface area contributed by atoms with Crippen molar-refractivity contribution in [3.63, 3.8) is 0 Å². The molecule has 0 radical (unpaired) electrons. The molecule has 1 fully saturated rings. The van der Waals surface area contributed by atoms with Crippen molar-refractivity contribution in [3.8, 4) is 5.75 Å². The van der Waals surface area contributed by atoms with Crippen molar-refractivity contribution in [1.29, 1.82) is 0 Å². The molecule has 2 rings (SSSR count). The summed E-state index contributed by atoms with van der Waals surface area (Å²) in [5, 5.41) is -0.473. The van der Waals surface area contributed by atoms with Crippen LogP contribution in [0.1, 0.15) is 5.56 Å². The number of sulfonamides is 1. The van der Waals surface area contributed by atoms with Crippen LogP contribution in [0, 0.1) is 0 Å². The van der Waals surface area contributed by atoms with Crippen molar-refractivity contribution in [3.05, 3.63) is 27.1 Å². The Morgan fingerprint density at radius 2 is 1.92 bits per heavy atom. The molecule has 1 heterocycles. The van der Waals surface area contributed by atoms with E-state index in [9.17, 15) is 31.2 Å². The number of anilines is 1. The Balaban J connectivity index is 2.45. The number of hydrogen-bond donors (Lipinski definition) is 1. The Morgan fingerprint density at radius 3 is 2.38 bits per heavy atom. The van der Waals surface area contributed by atoms with Gasteiger partial charge in [-0.05, 0) is 35.5 Å². The van der Waals surface area contributed by atoms with E-state index < -0.39 is 32.4 Å². The standard InChI is InChI=1S/C13H10BrF3N2O5S2/c1-19-11(20)10(25-12(19)21)4-6-3-9(24-2)8(5-7(6)14)18-26(22,23)13(15,16)17/h3-5,18H,1-2H3/b10-4-. The number of carbonyl (C=O) groups excluding carboxylic acids is 2. The molecule has 1 aromatic rings. The molecule has 2 amide bonds. The van der Waals surface area contributed by atoms with Crippen molar-refractivity contribution < 1.29 is 35.9 Å². The average Bonchev–Trinajstić information content (AvgIpc) is 2.75. The van der Waals surface area contributed by atoms with E-state index in [2.05, 4.69) is 15.9 Å². The molecule has 0 saturated carbocycles. The molecule has 0 unspecified atom stereocenters. The van der Waals surface area contributed by atoms with Crippen LogP contribution in [0.15, 0.2) is 21.5 Å². The number of rotatable bonds is 4. The summed E-state index contributed by atoms with van der Waals surface area (Å²) in [5.41, 5.74) is -5.64. The van der Waals surface area contributed by atoms with Crippen LogP contribution >= 0.6 is 27.7 Å². The fourth-order valence-corrected chi connectivity index (χ4v) is 3.66. The van der Waals surface area contributed by atoms with Crippen LogP contribution in [0.5, 0.6) is 5.75 Å². The Kier molecular flexibility index (Phi) is 5.63. The van der Waals surface area contributed by atoms with Crippen LogP contribution < -0.4 is 9.46 Å². The number of thioether (sulfide) groups is 1. The predicted molar refractivity (Wildman–Crippen MR) is 93.0 cm³/mol. The number of halogens is 4. The zero-order chi connectivity index (χ0) is 19.9. The number of nitrogens with zero attached hydrogens (tertiary/aromatic N) is 1. The van der Waals surface area contributed by atoms with Gasteiger partial charge in [-0.2, -0.15) is 21.6 Å². The van der Waals surface area contributed by atoms with Gasteiger partial charge in [0, 0.05) is 11.5 Å². The summed E-state index contributed by atoms with van der Waals surface area (Å²) in [6.07, 6.45) is 1.34. The summed E-state index contributed by atoms with van der Waals surface area (Å²) >= 11 is 3.78. The van der Waals surface area contributed by atoms with Gasteiger partial charge in [0.1, 0.15) is 5.75 Å². The van der Waals surface area contributed by atoms with Gasteiger partial charge < -0.3 is 4.74 Å². The monoisotopic (exact) mass is 474 g/mol. The average molecular weight is 475 g/mol. The van der Waals surface area contributed by atoms with Crippen LogP contribution in [-0.2, 0) is 14.8 Å². The van der Waals surface area contributed by atoms with Gasteiger partial charge in [0.2, 0.25) is 0 Å². The second-order valence-electron chi connectivity index (χ2n) is 4.87. The summed E-state index contributed by atoms with van der Waals surface area (Å²) in [6.45, 7) is 0. The van der Waals surface area contributed by atoms with Crippen LogP contribution in [0.4, 0.5) is 23.7 Å². The maximum atomic E-state index is 12.5. The molecular formula is C13H10BrF3N2O5S2. The lowest BCUT2D eigenvalue weighted by Crippen LogP contribution is -2.30. The number of amides is 2. The molecule has 7 nitrogen and oxygen atoms in total. The first kappa shape index (κ1) is 20.6. The summed E-state index contributed by atoms with van der Waals surface area (Å²) in [7, 11) is -3.19. The van der Waals surface area contributed by atoms with Crippen LogP contribution in [0.3, 0.4) is 0 Å². The lowest BCUT2D eigenvalue weighted by atomic mass is 10.1. The summed E-state index contributed by atoms with van der Waals surface area (Å²) < 4.78 is 66.6. The molecule has 0 aromatic heterocycles. The number of imide groups is 1. The number of benzene rings is 1. The van der Waals surface area contributed by atoms with Crippen LogP contribution in [-0.4, -0.2) is 44.1 Å². The molecule has 1 saturated heterocycles. The Hall–Kier alpha value is -1.73. The van der Waals surface area contributed by atoms with E-state index in [1.54, 1.807) is 0 Å². The highest BCUT2D eigenvalue weighted by molar-refractivity contribution is 9.10. The zero-order valence-corrected chi connectivity index (χ0v) is 16.3. The molecule has 0 bridgehead atoms. The minimum absolute atomic E-state index is 0.101. The maximum Gasteiger partial charge on any atom is 0.516 e. The molecule has 1 aromatic carbocycles. The van der Waals surface area contributed by atoms with Crippen molar-refractivity contribution in [2.24, 2.45) is 0 Å². The molecule has 26 heavy (non-hydrogen) atoms. The van der Waals surface area contributed by atoms with Gasteiger partial charge in [-0.1, -0.05) is 15.9 Å². The molecule has 0 aliphatic carbocycles. The van der Waals surface area contributed by atoms with E-state index in [1.807, 2.05) is 0 Å². The van der Waals surface area contributed by atoms with Crippen molar-refractivity contribution in [1.82, 2.24) is 4.90 Å². The highest BCUT2D eigenvalue weighted by atomic mass is 79.9. The smallest absolute Gasteiger partial charge is 0.495 e. The van der Waals surface area contributed by atoms with Gasteiger partial charge in [0.15, 0.2) is 0 Å². The van der Waals surface area contributed by atoms with Crippen molar-refractivity contribution in [2.75, 3.05) is 18.9 Å². The normalized spacial score (nSPS) is 17.2. The minimum atomic E-state index is -5.63. The lowest BCUT2D eigenvalue weighted by molar-refractivity contribution is -0.121. The summed E-state index contributed by atoms with van der Waals surface area (Å²) in [6, 6.07) is 2.28. The SMILES string of the molecule is COc1cc(/C=C2\SC(=O)N(C)C2=O)c(Br)cc1NS(=O)(=O)C(F)(F)F. The van der Waals surface area contributed by atoms with E-state index in [-0.39, 0.29) is 15.1 Å². The quantitative estimate of drug-likeness (QED) is 0.672. The fraction of sp³-hybridized carbons (Fsp3) is 0.231. The topological polar surface area (TPSA) is 92.8 Å². The second-order valence-corrected chi connectivity index (χ2v) is 8.39. The molecule has 142 valence electrons. The number of ether oxygens (including phenoxy) is 1. The second kappa shape index (κ2) is 7.12. The first-order valence-corrected chi connectivity index (χ1v) is 9.65. The third kappa shape index (κ3) is 3.99. The Labute approximate surface area is 158 Å². The number of alkyl halides is 3. The number of nitrogens with one attached hydrogen (secondary N) is 1. The molecule has 1 aliphatic rings. The van der Waals surface area contributed by atoms with Gasteiger partial charge in [0.25, 0.3) is 11.1 Å². The molecule has 0 spiro atoms. The Bertz CT molecular complexity index is 915. The predicted octanol–water partition coefficient (Wildman–Crippen LogP) is 3.39. The number of carbonyl (C=O) groups is 2. The van der Waals surface area contributed by atoms with E-state index in [1.165, 1.54) is 23.9 Å². The van der Waals surface area contributed by atoms with Gasteiger partial charge >= 0.3 is 15.5 Å². The Morgan fingerprint density at radius 1 is 1.31 bits per heavy atom. The van der Waals surface area contributed by atoms with Crippen molar-refractivity contribution in [2.45, 2.75) is 5.51 Å². The first-order chi connectivity index (χ1) is 11.9. The largest absolute Gasteiger partial charge is 0.516 e. The van der Waals surface area contributed by atoms with Gasteiger partial charge in [-0.3, -0.25) is 19.2 Å². The van der Waals surface area contributed by atoms with E-state index in [4.69, 9.17) is 4.74 Å². The third-order valence-electron chi connectivity index (χ3n) is 3.14. The zero-order valence-electron chi connectivity index (χ0n) is 13.0. The van der Waals surface area contributed by atoms with E-state index in [0.717, 1.165) is 18.1 Å². The number of likely N-dealkylation sites (N-methyl/N-ethyl adjacent to an activating group) is 1. The van der Waals surface area contributed by atoms with E-state index >= 15 is 0 Å². The highest BCUT2D eigenvalue weighted by Crippen LogP contribution is 2.38. The molecule has 0 atom stereocenters. The fourth-order valence-electron chi connectivity index (χ4n) is 1.82.